The van der Waals surface area contributed by atoms with E-state index < -0.39 is 12.8 Å². The number of guanidine groups is 1. The number of aliphatic imine (C=N–C) groups is 1. The fourth-order valence-electron chi connectivity index (χ4n) is 1.84. The first-order valence-corrected chi connectivity index (χ1v) is 8.04. The molecule has 4 nitrogen and oxygen atoms in total. The number of alkyl halides is 3. The van der Waals surface area contributed by atoms with Gasteiger partial charge in [0.1, 0.15) is 6.61 Å². The highest BCUT2D eigenvalue weighted by Crippen LogP contribution is 2.16. The summed E-state index contributed by atoms with van der Waals surface area (Å²) in [4.78, 5) is 4.49. The summed E-state index contributed by atoms with van der Waals surface area (Å²) in [7, 11) is 0. The second kappa shape index (κ2) is 12.3. The van der Waals surface area contributed by atoms with Crippen molar-refractivity contribution in [3.63, 3.8) is 0 Å². The molecule has 1 rings (SSSR count). The van der Waals surface area contributed by atoms with Crippen molar-refractivity contribution in [1.29, 1.82) is 0 Å². The number of hydrogen-bond acceptors (Lipinski definition) is 2. The molecule has 0 radical (unpaired) electrons. The number of halogens is 4. The Bertz CT molecular complexity index is 505. The van der Waals surface area contributed by atoms with Gasteiger partial charge in [-0.3, -0.25) is 0 Å². The zero-order chi connectivity index (χ0) is 18.0. The van der Waals surface area contributed by atoms with Gasteiger partial charge in [-0.15, -0.1) is 24.0 Å². The minimum atomic E-state index is -4.29. The van der Waals surface area contributed by atoms with Crippen LogP contribution in [0.4, 0.5) is 13.2 Å². The normalized spacial score (nSPS) is 12.0. The second-order valence-electron chi connectivity index (χ2n) is 5.89. The first-order chi connectivity index (χ1) is 11.3. The number of ether oxygens (including phenoxy) is 1. The number of nitrogens with zero attached hydrogens (tertiary/aromatic N) is 1. The number of benzene rings is 1. The monoisotopic (exact) mass is 473 g/mol. The van der Waals surface area contributed by atoms with Crippen LogP contribution in [0.5, 0.6) is 0 Å². The molecule has 0 aliphatic rings. The van der Waals surface area contributed by atoms with E-state index in [0.29, 0.717) is 18.0 Å². The summed E-state index contributed by atoms with van der Waals surface area (Å²) < 4.78 is 40.7. The van der Waals surface area contributed by atoms with Gasteiger partial charge in [0, 0.05) is 13.1 Å². The molecule has 2 N–H and O–H groups in total. The molecule has 1 aromatic rings. The molecule has 0 amide bonds. The lowest BCUT2D eigenvalue weighted by atomic mass is 10.1. The van der Waals surface area contributed by atoms with E-state index in [1.807, 2.05) is 19.1 Å². The largest absolute Gasteiger partial charge is 0.411 e. The van der Waals surface area contributed by atoms with Gasteiger partial charge in [-0.2, -0.15) is 13.2 Å². The first-order valence-electron chi connectivity index (χ1n) is 8.04. The van der Waals surface area contributed by atoms with Gasteiger partial charge in [-0.05, 0) is 24.0 Å². The van der Waals surface area contributed by atoms with E-state index in [1.165, 1.54) is 0 Å². The third-order valence-corrected chi connectivity index (χ3v) is 3.00. The van der Waals surface area contributed by atoms with Crippen LogP contribution in [0.2, 0.25) is 0 Å². The fraction of sp³-hybridized carbons (Fsp3) is 0.588. The van der Waals surface area contributed by atoms with Gasteiger partial charge in [0.15, 0.2) is 5.96 Å². The molecular formula is C17H27F3IN3O. The van der Waals surface area contributed by atoms with E-state index in [9.17, 15) is 13.2 Å². The summed E-state index contributed by atoms with van der Waals surface area (Å²) in [5, 5.41) is 6.43. The van der Waals surface area contributed by atoms with Crippen LogP contribution in [-0.4, -0.2) is 31.8 Å². The topological polar surface area (TPSA) is 45.7 Å². The first kappa shape index (κ1) is 24.0. The van der Waals surface area contributed by atoms with E-state index in [4.69, 9.17) is 0 Å². The van der Waals surface area contributed by atoms with Crippen LogP contribution < -0.4 is 10.6 Å². The Labute approximate surface area is 164 Å². The van der Waals surface area contributed by atoms with Crippen molar-refractivity contribution in [3.8, 4) is 0 Å². The molecule has 0 fully saturated rings. The molecule has 0 heterocycles. The Balaban J connectivity index is 0.00000576. The Morgan fingerprint density at radius 3 is 2.24 bits per heavy atom. The highest BCUT2D eigenvalue weighted by Gasteiger charge is 2.27. The number of rotatable bonds is 8. The van der Waals surface area contributed by atoms with Crippen molar-refractivity contribution in [3.05, 3.63) is 35.4 Å². The van der Waals surface area contributed by atoms with Crippen LogP contribution in [0.1, 0.15) is 31.9 Å². The van der Waals surface area contributed by atoms with Crippen molar-refractivity contribution >= 4 is 29.9 Å². The highest BCUT2D eigenvalue weighted by atomic mass is 127. The molecule has 144 valence electrons. The van der Waals surface area contributed by atoms with Gasteiger partial charge in [0.2, 0.25) is 0 Å². The maximum atomic E-state index is 12.0. The maximum absolute atomic E-state index is 12.0. The minimum absolute atomic E-state index is 0. The number of hydrogen-bond donors (Lipinski definition) is 2. The van der Waals surface area contributed by atoms with Gasteiger partial charge in [-0.1, -0.05) is 38.1 Å². The third kappa shape index (κ3) is 12.0. The van der Waals surface area contributed by atoms with Crippen molar-refractivity contribution in [2.24, 2.45) is 10.9 Å². The molecule has 0 saturated heterocycles. The molecule has 25 heavy (non-hydrogen) atoms. The lowest BCUT2D eigenvalue weighted by Gasteiger charge is -2.13. The van der Waals surface area contributed by atoms with E-state index in [2.05, 4.69) is 34.2 Å². The molecule has 0 saturated carbocycles. The Morgan fingerprint density at radius 1 is 1.12 bits per heavy atom. The molecule has 1 aromatic carbocycles. The molecule has 0 aliphatic carbocycles. The van der Waals surface area contributed by atoms with E-state index in [-0.39, 0.29) is 30.6 Å². The van der Waals surface area contributed by atoms with Crippen molar-refractivity contribution in [2.45, 2.75) is 40.1 Å². The quantitative estimate of drug-likeness (QED) is 0.340. The standard InChI is InChI=1S/C17H26F3N3O.HI/c1-4-21-16(22-9-13(2)3)23-10-14-5-7-15(8-6-14)11-24-12-17(18,19)20;/h5-8,13H,4,9-12H2,1-3H3,(H2,21,22,23);1H. The summed E-state index contributed by atoms with van der Waals surface area (Å²) >= 11 is 0. The summed E-state index contributed by atoms with van der Waals surface area (Å²) in [6, 6.07) is 7.22. The van der Waals surface area contributed by atoms with Gasteiger partial charge >= 0.3 is 6.18 Å². The molecule has 0 aromatic heterocycles. The summed E-state index contributed by atoms with van der Waals surface area (Å²) in [5.74, 6) is 1.27. The van der Waals surface area contributed by atoms with E-state index in [0.717, 1.165) is 24.6 Å². The predicted molar refractivity (Wildman–Crippen MR) is 105 cm³/mol. The molecule has 0 aliphatic heterocycles. The zero-order valence-electron chi connectivity index (χ0n) is 14.8. The van der Waals surface area contributed by atoms with Crippen molar-refractivity contribution in [2.75, 3.05) is 19.7 Å². The SMILES string of the molecule is CCNC(=NCc1ccc(COCC(F)(F)F)cc1)NCC(C)C.I. The van der Waals surface area contributed by atoms with Crippen LogP contribution >= 0.6 is 24.0 Å². The lowest BCUT2D eigenvalue weighted by Crippen LogP contribution is -2.39. The Morgan fingerprint density at radius 2 is 1.72 bits per heavy atom. The average Bonchev–Trinajstić information content (AvgIpc) is 2.50. The van der Waals surface area contributed by atoms with Gasteiger partial charge < -0.3 is 15.4 Å². The highest BCUT2D eigenvalue weighted by molar-refractivity contribution is 14.0. The predicted octanol–water partition coefficient (Wildman–Crippen LogP) is 4.09. The minimum Gasteiger partial charge on any atom is -0.367 e. The van der Waals surface area contributed by atoms with Crippen LogP contribution in [0, 0.1) is 5.92 Å². The fourth-order valence-corrected chi connectivity index (χ4v) is 1.84. The smallest absolute Gasteiger partial charge is 0.367 e. The van der Waals surface area contributed by atoms with Crippen molar-refractivity contribution in [1.82, 2.24) is 10.6 Å². The average molecular weight is 473 g/mol. The van der Waals surface area contributed by atoms with Crippen molar-refractivity contribution < 1.29 is 17.9 Å². The third-order valence-electron chi connectivity index (χ3n) is 3.00. The Kier molecular flexibility index (Phi) is 11.8. The molecular weight excluding hydrogens is 446 g/mol. The second-order valence-corrected chi connectivity index (χ2v) is 5.89. The van der Waals surface area contributed by atoms with Crippen LogP contribution in [0.3, 0.4) is 0 Å². The summed E-state index contributed by atoms with van der Waals surface area (Å²) in [6.45, 7) is 7.07. The van der Waals surface area contributed by atoms with Crippen LogP contribution in [-0.2, 0) is 17.9 Å². The maximum Gasteiger partial charge on any atom is 0.411 e. The molecule has 0 atom stereocenters. The van der Waals surface area contributed by atoms with Gasteiger partial charge in [0.25, 0.3) is 0 Å². The molecule has 0 bridgehead atoms. The zero-order valence-corrected chi connectivity index (χ0v) is 17.2. The summed E-state index contributed by atoms with van der Waals surface area (Å²) in [6.07, 6.45) is -4.29. The van der Waals surface area contributed by atoms with Crippen LogP contribution in [0.25, 0.3) is 0 Å². The molecule has 0 unspecified atom stereocenters. The molecule has 0 spiro atoms. The van der Waals surface area contributed by atoms with E-state index in [1.54, 1.807) is 12.1 Å². The number of nitrogens with one attached hydrogen (secondary N) is 2. The van der Waals surface area contributed by atoms with Crippen LogP contribution in [0.15, 0.2) is 29.3 Å². The van der Waals surface area contributed by atoms with Gasteiger partial charge in [-0.25, -0.2) is 4.99 Å². The Hall–Kier alpha value is -1.03. The molecule has 8 heteroatoms. The summed E-state index contributed by atoms with van der Waals surface area (Å²) in [5.41, 5.74) is 1.69. The van der Waals surface area contributed by atoms with E-state index >= 15 is 0 Å². The lowest BCUT2D eigenvalue weighted by molar-refractivity contribution is -0.176. The van der Waals surface area contributed by atoms with Gasteiger partial charge in [0.05, 0.1) is 13.2 Å².